The van der Waals surface area contributed by atoms with Gasteiger partial charge in [0.15, 0.2) is 0 Å². The molecule has 0 aromatic carbocycles. The van der Waals surface area contributed by atoms with Crippen LogP contribution in [0.4, 0.5) is 0 Å². The predicted molar refractivity (Wildman–Crippen MR) is 70.0 cm³/mol. The summed E-state index contributed by atoms with van der Waals surface area (Å²) < 4.78 is 9.75. The minimum atomic E-state index is -0.455. The summed E-state index contributed by atoms with van der Waals surface area (Å²) in [6.07, 6.45) is 5.25. The van der Waals surface area contributed by atoms with E-state index in [1.54, 1.807) is 0 Å². The van der Waals surface area contributed by atoms with Gasteiger partial charge in [0.1, 0.15) is 6.10 Å². The summed E-state index contributed by atoms with van der Waals surface area (Å²) >= 11 is 0. The molecule has 0 aliphatic heterocycles. The fourth-order valence-electron chi connectivity index (χ4n) is 1.63. The number of methoxy groups -OCH3 is 1. The average molecular weight is 267 g/mol. The number of carbonyl (C=O) groups excluding carboxylic acids is 2. The van der Waals surface area contributed by atoms with E-state index in [-0.39, 0.29) is 12.1 Å². The van der Waals surface area contributed by atoms with Gasteiger partial charge in [-0.1, -0.05) is 6.58 Å². The van der Waals surface area contributed by atoms with E-state index in [1.165, 1.54) is 7.11 Å². The zero-order valence-electron chi connectivity index (χ0n) is 11.4. The molecule has 0 rings (SSSR count). The molecule has 5 nitrogen and oxygen atoms in total. The minimum Gasteiger partial charge on any atom is -0.469 e. The molecule has 0 saturated carbocycles. The van der Waals surface area contributed by atoms with Gasteiger partial charge >= 0.3 is 11.9 Å². The van der Waals surface area contributed by atoms with E-state index in [0.29, 0.717) is 32.1 Å². The maximum atomic E-state index is 11.2. The van der Waals surface area contributed by atoms with Crippen LogP contribution in [0.25, 0.3) is 0 Å². The van der Waals surface area contributed by atoms with E-state index in [4.69, 9.17) is 10.00 Å². The minimum absolute atomic E-state index is 0.228. The number of nitrogens with zero attached hydrogens (tertiary/aromatic N) is 1. The van der Waals surface area contributed by atoms with Crippen LogP contribution in [0.15, 0.2) is 12.7 Å². The first-order valence-electron chi connectivity index (χ1n) is 6.40. The third kappa shape index (κ3) is 9.83. The monoisotopic (exact) mass is 267 g/mol. The first-order chi connectivity index (χ1) is 9.13. The largest absolute Gasteiger partial charge is 0.469 e. The summed E-state index contributed by atoms with van der Waals surface area (Å²) in [5.41, 5.74) is 0. The molecule has 0 saturated heterocycles. The SMILES string of the molecule is C=CC(=O)OC(CCCCC#N)CCCC(=O)OC. The molecule has 0 heterocycles. The van der Waals surface area contributed by atoms with Gasteiger partial charge in [0.2, 0.25) is 0 Å². The Kier molecular flexibility index (Phi) is 10.2. The van der Waals surface area contributed by atoms with Crippen molar-refractivity contribution < 1.29 is 19.1 Å². The van der Waals surface area contributed by atoms with Crippen LogP contribution in [0.5, 0.6) is 0 Å². The molecule has 0 aliphatic rings. The molecule has 106 valence electrons. The number of hydrogen-bond donors (Lipinski definition) is 0. The molecule has 1 unspecified atom stereocenters. The van der Waals surface area contributed by atoms with Crippen LogP contribution < -0.4 is 0 Å². The Morgan fingerprint density at radius 3 is 2.58 bits per heavy atom. The van der Waals surface area contributed by atoms with Gasteiger partial charge in [-0.3, -0.25) is 4.79 Å². The molecule has 5 heteroatoms. The first-order valence-corrected chi connectivity index (χ1v) is 6.40. The predicted octanol–water partition coefficient (Wildman–Crippen LogP) is 2.51. The summed E-state index contributed by atoms with van der Waals surface area (Å²) in [4.78, 5) is 22.2. The van der Waals surface area contributed by atoms with Crippen molar-refractivity contribution in [3.63, 3.8) is 0 Å². The fraction of sp³-hybridized carbons (Fsp3) is 0.643. The first kappa shape index (κ1) is 17.2. The number of carbonyl (C=O) groups is 2. The Hall–Kier alpha value is -1.83. The van der Waals surface area contributed by atoms with Crippen LogP contribution in [0.3, 0.4) is 0 Å². The smallest absolute Gasteiger partial charge is 0.330 e. The topological polar surface area (TPSA) is 76.4 Å². The quantitative estimate of drug-likeness (QED) is 0.345. The highest BCUT2D eigenvalue weighted by Crippen LogP contribution is 2.14. The number of hydrogen-bond acceptors (Lipinski definition) is 5. The lowest BCUT2D eigenvalue weighted by atomic mass is 10.0. The van der Waals surface area contributed by atoms with Crippen molar-refractivity contribution in [2.45, 2.75) is 51.0 Å². The van der Waals surface area contributed by atoms with Gasteiger partial charge in [-0.25, -0.2) is 4.79 Å². The van der Waals surface area contributed by atoms with E-state index in [1.807, 2.05) is 0 Å². The van der Waals surface area contributed by atoms with Gasteiger partial charge in [-0.05, 0) is 32.1 Å². The van der Waals surface area contributed by atoms with Crippen LogP contribution in [-0.4, -0.2) is 25.2 Å². The summed E-state index contributed by atoms with van der Waals surface area (Å²) in [6.45, 7) is 3.35. The molecule has 0 N–H and O–H groups in total. The Balaban J connectivity index is 4.03. The lowest BCUT2D eigenvalue weighted by molar-refractivity contribution is -0.143. The van der Waals surface area contributed by atoms with Crippen molar-refractivity contribution in [1.82, 2.24) is 0 Å². The standard InChI is InChI=1S/C14H21NO4/c1-3-13(16)19-12(8-5-4-6-11-15)9-7-10-14(17)18-2/h3,12H,1,4-10H2,2H3. The third-order valence-electron chi connectivity index (χ3n) is 2.65. The number of rotatable bonds is 10. The normalized spacial score (nSPS) is 11.2. The number of esters is 2. The van der Waals surface area contributed by atoms with Crippen molar-refractivity contribution >= 4 is 11.9 Å². The van der Waals surface area contributed by atoms with Gasteiger partial charge < -0.3 is 9.47 Å². The Labute approximate surface area is 114 Å². The summed E-state index contributed by atoms with van der Waals surface area (Å²) in [6, 6.07) is 2.07. The van der Waals surface area contributed by atoms with Gasteiger partial charge in [0, 0.05) is 18.9 Å². The molecule has 0 aliphatic carbocycles. The highest BCUT2D eigenvalue weighted by Gasteiger charge is 2.13. The molecule has 0 bridgehead atoms. The molecule has 0 spiro atoms. The van der Waals surface area contributed by atoms with Crippen LogP contribution >= 0.6 is 0 Å². The summed E-state index contributed by atoms with van der Waals surface area (Å²) in [5.74, 6) is -0.721. The van der Waals surface area contributed by atoms with Crippen molar-refractivity contribution in [1.29, 1.82) is 5.26 Å². The second-order valence-corrected chi connectivity index (χ2v) is 4.14. The fourth-order valence-corrected chi connectivity index (χ4v) is 1.63. The van der Waals surface area contributed by atoms with Crippen molar-refractivity contribution in [3.8, 4) is 6.07 Å². The van der Waals surface area contributed by atoms with Gasteiger partial charge in [-0.2, -0.15) is 5.26 Å². The Bertz CT molecular complexity index is 333. The molecular formula is C14H21NO4. The van der Waals surface area contributed by atoms with Crippen LogP contribution in [-0.2, 0) is 19.1 Å². The molecule has 0 radical (unpaired) electrons. The zero-order chi connectivity index (χ0) is 14.5. The van der Waals surface area contributed by atoms with Crippen LogP contribution in [0.1, 0.15) is 44.9 Å². The second kappa shape index (κ2) is 11.3. The van der Waals surface area contributed by atoms with Crippen molar-refractivity contribution in [2.75, 3.05) is 7.11 Å². The maximum Gasteiger partial charge on any atom is 0.330 e. The van der Waals surface area contributed by atoms with E-state index >= 15 is 0 Å². The highest BCUT2D eigenvalue weighted by atomic mass is 16.5. The van der Waals surface area contributed by atoms with Crippen molar-refractivity contribution in [3.05, 3.63) is 12.7 Å². The van der Waals surface area contributed by atoms with E-state index in [2.05, 4.69) is 17.4 Å². The van der Waals surface area contributed by atoms with Gasteiger partial charge in [-0.15, -0.1) is 0 Å². The van der Waals surface area contributed by atoms with Crippen LogP contribution in [0, 0.1) is 11.3 Å². The lowest BCUT2D eigenvalue weighted by Crippen LogP contribution is -2.17. The highest BCUT2D eigenvalue weighted by molar-refractivity contribution is 5.81. The van der Waals surface area contributed by atoms with E-state index in [0.717, 1.165) is 18.9 Å². The number of unbranched alkanes of at least 4 members (excludes halogenated alkanes) is 2. The number of ether oxygens (including phenoxy) is 2. The molecular weight excluding hydrogens is 246 g/mol. The maximum absolute atomic E-state index is 11.2. The Morgan fingerprint density at radius 2 is 2.00 bits per heavy atom. The second-order valence-electron chi connectivity index (χ2n) is 4.14. The van der Waals surface area contributed by atoms with Crippen LogP contribution in [0.2, 0.25) is 0 Å². The molecule has 19 heavy (non-hydrogen) atoms. The van der Waals surface area contributed by atoms with Gasteiger partial charge in [0.05, 0.1) is 13.2 Å². The van der Waals surface area contributed by atoms with E-state index in [9.17, 15) is 9.59 Å². The molecule has 0 amide bonds. The molecule has 0 aromatic heterocycles. The molecule has 0 aromatic rings. The van der Waals surface area contributed by atoms with Gasteiger partial charge in [0.25, 0.3) is 0 Å². The van der Waals surface area contributed by atoms with E-state index < -0.39 is 5.97 Å². The summed E-state index contributed by atoms with van der Waals surface area (Å²) in [5, 5.41) is 8.44. The number of nitriles is 1. The Morgan fingerprint density at radius 1 is 1.32 bits per heavy atom. The third-order valence-corrected chi connectivity index (χ3v) is 2.65. The van der Waals surface area contributed by atoms with Crippen molar-refractivity contribution in [2.24, 2.45) is 0 Å². The molecule has 1 atom stereocenters. The lowest BCUT2D eigenvalue weighted by Gasteiger charge is -2.16. The molecule has 0 fully saturated rings. The summed E-state index contributed by atoms with van der Waals surface area (Å²) in [7, 11) is 1.35. The zero-order valence-corrected chi connectivity index (χ0v) is 11.4. The average Bonchev–Trinajstić information content (AvgIpc) is 2.42.